The van der Waals surface area contributed by atoms with Crippen LogP contribution in [-0.4, -0.2) is 0 Å². The van der Waals surface area contributed by atoms with Gasteiger partial charge in [-0.25, -0.2) is 0 Å². The summed E-state index contributed by atoms with van der Waals surface area (Å²) in [6, 6.07) is 85.1. The highest BCUT2D eigenvalue weighted by molar-refractivity contribution is 7.26. The minimum Gasteiger partial charge on any atom is -0.454 e. The summed E-state index contributed by atoms with van der Waals surface area (Å²) in [6.45, 7) is 2.38. The van der Waals surface area contributed by atoms with Crippen molar-refractivity contribution in [1.82, 2.24) is 0 Å². The molecule has 2 aliphatic rings. The third kappa shape index (κ3) is 4.95. The van der Waals surface area contributed by atoms with Crippen LogP contribution in [-0.2, 0) is 10.8 Å². The third-order valence-electron chi connectivity index (χ3n) is 14.8. The Labute approximate surface area is 387 Å². The van der Waals surface area contributed by atoms with Crippen molar-refractivity contribution >= 4 is 70.5 Å². The molecule has 0 N–H and O–H groups in total. The van der Waals surface area contributed by atoms with Gasteiger partial charge in [-0.15, -0.1) is 11.3 Å². The van der Waals surface area contributed by atoms with Crippen molar-refractivity contribution in [2.75, 3.05) is 4.90 Å². The summed E-state index contributed by atoms with van der Waals surface area (Å²) < 4.78 is 10.0. The van der Waals surface area contributed by atoms with E-state index in [1.165, 1.54) is 81.4 Å². The van der Waals surface area contributed by atoms with Gasteiger partial charge in [0, 0.05) is 42.9 Å². The first-order valence-corrected chi connectivity index (χ1v) is 23.7. The summed E-state index contributed by atoms with van der Waals surface area (Å²) >= 11 is 1.86. The first-order valence-electron chi connectivity index (χ1n) is 22.8. The molecule has 0 radical (unpaired) electrons. The predicted octanol–water partition coefficient (Wildman–Crippen LogP) is 17.1. The molecule has 66 heavy (non-hydrogen) atoms. The number of fused-ring (bicyclic) bond motifs is 12. The van der Waals surface area contributed by atoms with Crippen LogP contribution in [0.5, 0.6) is 0 Å². The van der Waals surface area contributed by atoms with Crippen LogP contribution in [0.15, 0.2) is 235 Å². The van der Waals surface area contributed by atoms with E-state index in [2.05, 4.69) is 242 Å². The molecule has 10 aromatic carbocycles. The first-order chi connectivity index (χ1) is 32.6. The van der Waals surface area contributed by atoms with Crippen molar-refractivity contribution in [3.63, 3.8) is 0 Å². The molecule has 12 aromatic rings. The van der Waals surface area contributed by atoms with Gasteiger partial charge in [-0.05, 0) is 92.9 Å². The van der Waals surface area contributed by atoms with Gasteiger partial charge in [-0.2, -0.15) is 0 Å². The third-order valence-corrected chi connectivity index (χ3v) is 16.0. The standard InChI is InChI=1S/C63H41NOS/c1-62(51-30-12-8-23-43(51)44-24-9-13-31-52(44)62)54-33-16-27-48-49-28-17-34-56(60(49)65-59(48)54)64(57-35-18-29-50-47-26-11-15-36-58(47)66-61(50)57)42-37-38-46-45-25-10-14-32-53(45)63(55(46)39-42,40-19-4-2-5-20-40)41-21-6-3-7-22-41/h2-39H,1H3. The number of hydrogen-bond donors (Lipinski definition) is 0. The van der Waals surface area contributed by atoms with Crippen molar-refractivity contribution in [2.24, 2.45) is 0 Å². The van der Waals surface area contributed by atoms with Crippen LogP contribution >= 0.6 is 11.3 Å². The summed E-state index contributed by atoms with van der Waals surface area (Å²) in [4.78, 5) is 2.48. The van der Waals surface area contributed by atoms with E-state index in [9.17, 15) is 0 Å². The van der Waals surface area contributed by atoms with Crippen molar-refractivity contribution in [3.8, 4) is 22.3 Å². The van der Waals surface area contributed by atoms with E-state index in [1.807, 2.05) is 11.3 Å². The summed E-state index contributed by atoms with van der Waals surface area (Å²) in [6.07, 6.45) is 0. The molecule has 3 heteroatoms. The fourth-order valence-corrected chi connectivity index (χ4v) is 13.2. The average Bonchev–Trinajstić information content (AvgIpc) is 4.12. The Morgan fingerprint density at radius 1 is 0.379 bits per heavy atom. The molecule has 2 aliphatic carbocycles. The number of rotatable bonds is 6. The number of para-hydroxylation sites is 2. The molecule has 0 unspecified atom stereocenters. The SMILES string of the molecule is CC1(c2cccc3c2oc2c(N(c4ccc5c(c4)C(c4ccccc4)(c4ccccc4)c4ccccc4-5)c4cccc5c4sc4ccccc45)cccc23)c2ccccc2-c2ccccc21. The molecule has 0 saturated heterocycles. The largest absolute Gasteiger partial charge is 0.454 e. The van der Waals surface area contributed by atoms with E-state index in [1.54, 1.807) is 0 Å². The van der Waals surface area contributed by atoms with Crippen LogP contribution in [0.1, 0.15) is 45.9 Å². The molecule has 0 aliphatic heterocycles. The minimum atomic E-state index is -0.552. The second-order valence-corrected chi connectivity index (χ2v) is 19.1. The fraction of sp³-hybridized carbons (Fsp3) is 0.0476. The normalized spacial score (nSPS) is 14.1. The molecule has 0 spiro atoms. The smallest absolute Gasteiger partial charge is 0.159 e. The topological polar surface area (TPSA) is 16.4 Å². The summed E-state index contributed by atoms with van der Waals surface area (Å²) in [7, 11) is 0. The zero-order chi connectivity index (χ0) is 43.6. The number of benzene rings is 10. The molecule has 310 valence electrons. The van der Waals surface area contributed by atoms with E-state index in [-0.39, 0.29) is 0 Å². The Kier molecular flexibility index (Phi) is 7.94. The van der Waals surface area contributed by atoms with Gasteiger partial charge in [-0.3, -0.25) is 0 Å². The van der Waals surface area contributed by atoms with Crippen LogP contribution in [0.3, 0.4) is 0 Å². The maximum absolute atomic E-state index is 7.50. The second-order valence-electron chi connectivity index (χ2n) is 18.0. The summed E-state index contributed by atoms with van der Waals surface area (Å²) in [5, 5.41) is 4.73. The summed E-state index contributed by atoms with van der Waals surface area (Å²) in [5.74, 6) is 0. The van der Waals surface area contributed by atoms with Crippen LogP contribution in [0.4, 0.5) is 17.1 Å². The Balaban J connectivity index is 1.07. The molecule has 0 atom stereocenters. The number of hydrogen-bond acceptors (Lipinski definition) is 3. The Morgan fingerprint density at radius 3 is 1.58 bits per heavy atom. The van der Waals surface area contributed by atoms with Gasteiger partial charge >= 0.3 is 0 Å². The second kappa shape index (κ2) is 14.0. The van der Waals surface area contributed by atoms with Crippen molar-refractivity contribution < 1.29 is 4.42 Å². The quantitative estimate of drug-likeness (QED) is 0.166. The molecule has 2 nitrogen and oxygen atoms in total. The molecule has 0 saturated carbocycles. The molecular weight excluding hydrogens is 819 g/mol. The van der Waals surface area contributed by atoms with Crippen LogP contribution < -0.4 is 4.90 Å². The van der Waals surface area contributed by atoms with Gasteiger partial charge in [0.25, 0.3) is 0 Å². The van der Waals surface area contributed by atoms with Gasteiger partial charge in [0.05, 0.1) is 21.5 Å². The van der Waals surface area contributed by atoms with E-state index in [4.69, 9.17) is 4.42 Å². The minimum absolute atomic E-state index is 0.420. The lowest BCUT2D eigenvalue weighted by atomic mass is 9.67. The fourth-order valence-electron chi connectivity index (χ4n) is 12.0. The highest BCUT2D eigenvalue weighted by Crippen LogP contribution is 2.59. The molecular formula is C63H41NOS. The van der Waals surface area contributed by atoms with Gasteiger partial charge in [0.1, 0.15) is 5.58 Å². The van der Waals surface area contributed by atoms with Crippen LogP contribution in [0.25, 0.3) is 64.4 Å². The molecule has 0 bridgehead atoms. The highest BCUT2D eigenvalue weighted by atomic mass is 32.1. The van der Waals surface area contributed by atoms with Gasteiger partial charge in [0.2, 0.25) is 0 Å². The van der Waals surface area contributed by atoms with E-state index >= 15 is 0 Å². The van der Waals surface area contributed by atoms with E-state index in [0.717, 1.165) is 39.0 Å². The Morgan fingerprint density at radius 2 is 0.879 bits per heavy atom. The maximum atomic E-state index is 7.50. The molecule has 14 rings (SSSR count). The van der Waals surface area contributed by atoms with Gasteiger partial charge in [0.15, 0.2) is 5.58 Å². The van der Waals surface area contributed by atoms with Crippen molar-refractivity contribution in [1.29, 1.82) is 0 Å². The molecule has 0 fully saturated rings. The van der Waals surface area contributed by atoms with Crippen molar-refractivity contribution in [2.45, 2.75) is 17.8 Å². The lowest BCUT2D eigenvalue weighted by Crippen LogP contribution is -2.28. The van der Waals surface area contributed by atoms with E-state index < -0.39 is 10.8 Å². The van der Waals surface area contributed by atoms with Gasteiger partial charge in [-0.1, -0.05) is 200 Å². The number of furan rings is 1. The van der Waals surface area contributed by atoms with E-state index in [0.29, 0.717) is 0 Å². The predicted molar refractivity (Wildman–Crippen MR) is 276 cm³/mol. The zero-order valence-corrected chi connectivity index (χ0v) is 37.0. The first kappa shape index (κ1) is 37.4. The van der Waals surface area contributed by atoms with Crippen LogP contribution in [0, 0.1) is 0 Å². The highest BCUT2D eigenvalue weighted by Gasteiger charge is 2.47. The number of anilines is 3. The average molecular weight is 860 g/mol. The van der Waals surface area contributed by atoms with Gasteiger partial charge < -0.3 is 9.32 Å². The molecule has 2 aromatic heterocycles. The Bertz CT molecular complexity index is 3830. The van der Waals surface area contributed by atoms with Crippen LogP contribution in [0.2, 0.25) is 0 Å². The lowest BCUT2D eigenvalue weighted by Gasteiger charge is -2.35. The lowest BCUT2D eigenvalue weighted by molar-refractivity contribution is 0.638. The molecule has 0 amide bonds. The monoisotopic (exact) mass is 859 g/mol. The number of nitrogens with zero attached hydrogens (tertiary/aromatic N) is 1. The zero-order valence-electron chi connectivity index (χ0n) is 36.2. The summed E-state index contributed by atoms with van der Waals surface area (Å²) in [5.41, 5.74) is 17.9. The Hall–Kier alpha value is -7.98. The van der Waals surface area contributed by atoms with Crippen molar-refractivity contribution in [3.05, 3.63) is 269 Å². The maximum Gasteiger partial charge on any atom is 0.159 e. The molecule has 2 heterocycles. The number of thiophene rings is 1.